The summed E-state index contributed by atoms with van der Waals surface area (Å²) in [5, 5.41) is 9.51. The second-order valence-corrected chi connectivity index (χ2v) is 6.72. The van der Waals surface area contributed by atoms with Gasteiger partial charge >= 0.3 is 0 Å². The van der Waals surface area contributed by atoms with Crippen LogP contribution in [0.2, 0.25) is 0 Å². The molecule has 25 heavy (non-hydrogen) atoms. The number of amides is 4. The molecular weight excluding hydrogens is 324 g/mol. The average Bonchev–Trinajstić information content (AvgIpc) is 3.01. The number of hydrogen-bond donors (Lipinski definition) is 0. The van der Waals surface area contributed by atoms with Gasteiger partial charge in [0.25, 0.3) is 23.6 Å². The van der Waals surface area contributed by atoms with Crippen molar-refractivity contribution in [3.63, 3.8) is 0 Å². The SMILES string of the molecule is CC(CC=NN1C(=O)C=CC1=O)CC(C)(C)C=NN1C(=O)C=CC1=O. The molecule has 0 radical (unpaired) electrons. The summed E-state index contributed by atoms with van der Waals surface area (Å²) in [5.41, 5.74) is -0.350. The number of imide groups is 2. The highest BCUT2D eigenvalue weighted by atomic mass is 16.2. The number of nitrogens with zero attached hydrogens (tertiary/aromatic N) is 4. The zero-order valence-corrected chi connectivity index (χ0v) is 14.4. The van der Waals surface area contributed by atoms with Gasteiger partial charge in [-0.15, -0.1) is 0 Å². The highest BCUT2D eigenvalue weighted by Gasteiger charge is 2.25. The lowest BCUT2D eigenvalue weighted by Crippen LogP contribution is -2.27. The zero-order chi connectivity index (χ0) is 18.6. The lowest BCUT2D eigenvalue weighted by atomic mass is 9.83. The predicted octanol–water partition coefficient (Wildman–Crippen LogP) is 1.25. The van der Waals surface area contributed by atoms with Crippen molar-refractivity contribution in [2.24, 2.45) is 21.5 Å². The van der Waals surface area contributed by atoms with Crippen LogP contribution in [0.3, 0.4) is 0 Å². The van der Waals surface area contributed by atoms with Crippen molar-refractivity contribution in [1.82, 2.24) is 10.0 Å². The van der Waals surface area contributed by atoms with Gasteiger partial charge in [-0.3, -0.25) is 19.2 Å². The fourth-order valence-corrected chi connectivity index (χ4v) is 2.57. The molecule has 132 valence electrons. The number of carbonyl (C=O) groups is 4. The highest BCUT2D eigenvalue weighted by molar-refractivity contribution is 6.13. The third kappa shape index (κ3) is 4.79. The van der Waals surface area contributed by atoms with E-state index in [-0.39, 0.29) is 11.3 Å². The lowest BCUT2D eigenvalue weighted by Gasteiger charge is -2.23. The fourth-order valence-electron chi connectivity index (χ4n) is 2.57. The maximum absolute atomic E-state index is 11.5. The molecule has 2 aliphatic heterocycles. The van der Waals surface area contributed by atoms with Crippen molar-refractivity contribution >= 4 is 36.1 Å². The van der Waals surface area contributed by atoms with Crippen molar-refractivity contribution in [3.8, 4) is 0 Å². The molecule has 0 bridgehead atoms. The topological polar surface area (TPSA) is 99.5 Å². The summed E-state index contributed by atoms with van der Waals surface area (Å²) in [4.78, 5) is 45.7. The van der Waals surface area contributed by atoms with E-state index < -0.39 is 23.6 Å². The van der Waals surface area contributed by atoms with Gasteiger partial charge in [-0.2, -0.15) is 20.2 Å². The van der Waals surface area contributed by atoms with E-state index in [1.54, 1.807) is 6.21 Å². The van der Waals surface area contributed by atoms with Crippen LogP contribution >= 0.6 is 0 Å². The minimum atomic E-state index is -0.453. The highest BCUT2D eigenvalue weighted by Crippen LogP contribution is 2.25. The average molecular weight is 344 g/mol. The van der Waals surface area contributed by atoms with Crippen molar-refractivity contribution < 1.29 is 19.2 Å². The van der Waals surface area contributed by atoms with Gasteiger partial charge in [-0.05, 0) is 18.8 Å². The Kier molecular flexibility index (Phi) is 5.41. The van der Waals surface area contributed by atoms with Crippen LogP contribution in [0.15, 0.2) is 34.5 Å². The van der Waals surface area contributed by atoms with Gasteiger partial charge in [0.1, 0.15) is 0 Å². The molecule has 0 aromatic rings. The Labute approximate surface area is 145 Å². The van der Waals surface area contributed by atoms with Crippen LogP contribution in [0.5, 0.6) is 0 Å². The van der Waals surface area contributed by atoms with Gasteiger partial charge in [-0.1, -0.05) is 20.8 Å². The van der Waals surface area contributed by atoms with Gasteiger partial charge in [0, 0.05) is 42.1 Å². The largest absolute Gasteiger partial charge is 0.274 e. The lowest BCUT2D eigenvalue weighted by molar-refractivity contribution is -0.138. The molecule has 1 atom stereocenters. The van der Waals surface area contributed by atoms with Crippen LogP contribution < -0.4 is 0 Å². The monoisotopic (exact) mass is 344 g/mol. The number of hydrazone groups is 2. The van der Waals surface area contributed by atoms with E-state index in [0.717, 1.165) is 10.0 Å². The van der Waals surface area contributed by atoms with Crippen molar-refractivity contribution in [3.05, 3.63) is 24.3 Å². The molecule has 0 saturated carbocycles. The molecule has 2 aliphatic rings. The smallest absolute Gasteiger partial charge is 0.267 e. The maximum Gasteiger partial charge on any atom is 0.274 e. The van der Waals surface area contributed by atoms with Crippen molar-refractivity contribution in [1.29, 1.82) is 0 Å². The van der Waals surface area contributed by atoms with Gasteiger partial charge in [0.05, 0.1) is 0 Å². The first-order valence-electron chi connectivity index (χ1n) is 7.89. The van der Waals surface area contributed by atoms with E-state index in [4.69, 9.17) is 0 Å². The minimum Gasteiger partial charge on any atom is -0.267 e. The second kappa shape index (κ2) is 7.33. The van der Waals surface area contributed by atoms with Crippen LogP contribution in [-0.2, 0) is 19.2 Å². The Morgan fingerprint density at radius 2 is 1.36 bits per heavy atom. The summed E-state index contributed by atoms with van der Waals surface area (Å²) in [7, 11) is 0. The van der Waals surface area contributed by atoms with E-state index in [0.29, 0.717) is 12.8 Å². The van der Waals surface area contributed by atoms with Crippen LogP contribution in [0, 0.1) is 11.3 Å². The Morgan fingerprint density at radius 1 is 0.920 bits per heavy atom. The molecule has 0 fully saturated rings. The van der Waals surface area contributed by atoms with Gasteiger partial charge in [0.2, 0.25) is 0 Å². The zero-order valence-electron chi connectivity index (χ0n) is 14.4. The van der Waals surface area contributed by atoms with E-state index in [9.17, 15) is 19.2 Å². The minimum absolute atomic E-state index is 0.189. The third-order valence-electron chi connectivity index (χ3n) is 3.67. The standard InChI is InChI=1S/C17H20N4O4/c1-12(8-9-18-20-13(22)4-5-14(20)23)10-17(2,3)11-19-21-15(24)6-7-16(21)25/h4-7,9,11-12H,8,10H2,1-3H3. The molecule has 0 spiro atoms. The Bertz CT molecular complexity index is 682. The molecule has 4 amide bonds. The van der Waals surface area contributed by atoms with E-state index in [1.807, 2.05) is 20.8 Å². The van der Waals surface area contributed by atoms with Gasteiger partial charge < -0.3 is 0 Å². The summed E-state index contributed by atoms with van der Waals surface area (Å²) in [6.07, 6.45) is 9.13. The Balaban J connectivity index is 1.85. The van der Waals surface area contributed by atoms with Crippen LogP contribution in [0.4, 0.5) is 0 Å². The van der Waals surface area contributed by atoms with Gasteiger partial charge in [-0.25, -0.2) is 0 Å². The molecule has 8 nitrogen and oxygen atoms in total. The summed E-state index contributed by atoms with van der Waals surface area (Å²) in [6.45, 7) is 5.89. The Morgan fingerprint density at radius 3 is 1.84 bits per heavy atom. The number of rotatable bonds is 7. The quantitative estimate of drug-likeness (QED) is 0.512. The molecular formula is C17H20N4O4. The molecule has 1 unspecified atom stereocenters. The molecule has 0 aromatic carbocycles. The van der Waals surface area contributed by atoms with Crippen molar-refractivity contribution in [2.45, 2.75) is 33.6 Å². The summed E-state index contributed by atoms with van der Waals surface area (Å²) in [6, 6.07) is 0. The van der Waals surface area contributed by atoms with Crippen LogP contribution in [-0.4, -0.2) is 46.1 Å². The Hall–Kier alpha value is -2.90. The second-order valence-electron chi connectivity index (χ2n) is 6.72. The predicted molar refractivity (Wildman–Crippen MR) is 91.1 cm³/mol. The molecule has 0 N–H and O–H groups in total. The third-order valence-corrected chi connectivity index (χ3v) is 3.67. The van der Waals surface area contributed by atoms with Crippen molar-refractivity contribution in [2.75, 3.05) is 0 Å². The van der Waals surface area contributed by atoms with E-state index >= 15 is 0 Å². The van der Waals surface area contributed by atoms with Gasteiger partial charge in [0.15, 0.2) is 0 Å². The number of carbonyl (C=O) groups excluding carboxylic acids is 4. The number of hydrogen-bond acceptors (Lipinski definition) is 6. The molecule has 0 aromatic heterocycles. The molecule has 2 heterocycles. The first-order valence-corrected chi connectivity index (χ1v) is 7.89. The maximum atomic E-state index is 11.5. The van der Waals surface area contributed by atoms with Crippen LogP contribution in [0.1, 0.15) is 33.6 Å². The summed E-state index contributed by atoms with van der Waals surface area (Å²) >= 11 is 0. The first kappa shape index (κ1) is 18.4. The first-order chi connectivity index (χ1) is 11.7. The molecule has 0 saturated heterocycles. The van der Waals surface area contributed by atoms with E-state index in [2.05, 4.69) is 10.2 Å². The molecule has 2 rings (SSSR count). The summed E-state index contributed by atoms with van der Waals surface area (Å²) in [5.74, 6) is -1.62. The fraction of sp³-hybridized carbons (Fsp3) is 0.412. The van der Waals surface area contributed by atoms with E-state index in [1.165, 1.54) is 30.5 Å². The summed E-state index contributed by atoms with van der Waals surface area (Å²) < 4.78 is 0. The van der Waals surface area contributed by atoms with Crippen LogP contribution in [0.25, 0.3) is 0 Å². The molecule has 0 aliphatic carbocycles. The molecule has 8 heteroatoms. The normalized spacial score (nSPS) is 19.5.